The number of carbonyl (C=O) groups excluding carboxylic acids is 1. The molecule has 1 saturated carbocycles. The summed E-state index contributed by atoms with van der Waals surface area (Å²) in [6.45, 7) is 2.75. The fraction of sp³-hybridized carbons (Fsp3) is 0.524. The van der Waals surface area contributed by atoms with Crippen molar-refractivity contribution < 1.29 is 9.18 Å². The lowest BCUT2D eigenvalue weighted by Crippen LogP contribution is -2.45. The average molecular weight is 365 g/mol. The van der Waals surface area contributed by atoms with Crippen LogP contribution in [0, 0.1) is 6.92 Å². The lowest BCUT2D eigenvalue weighted by Gasteiger charge is -2.33. The first-order chi connectivity index (χ1) is 13.1. The highest BCUT2D eigenvalue weighted by atomic mass is 19.1. The van der Waals surface area contributed by atoms with Crippen molar-refractivity contribution in [1.29, 1.82) is 0 Å². The summed E-state index contributed by atoms with van der Waals surface area (Å²) in [6, 6.07) is 6.00. The van der Waals surface area contributed by atoms with Crippen LogP contribution in [0.25, 0.3) is 10.9 Å². The van der Waals surface area contributed by atoms with Crippen LogP contribution in [0.2, 0.25) is 0 Å². The second kappa shape index (κ2) is 7.59. The molecule has 1 aromatic heterocycles. The number of fused-ring (bicyclic) bond motifs is 1. The van der Waals surface area contributed by atoms with Crippen molar-refractivity contribution in [3.63, 3.8) is 0 Å². The molecule has 140 valence electrons. The molecule has 0 spiro atoms. The van der Waals surface area contributed by atoms with Crippen LogP contribution >= 0.6 is 0 Å². The molecule has 27 heavy (non-hydrogen) atoms. The van der Waals surface area contributed by atoms with Crippen molar-refractivity contribution in [2.75, 3.05) is 13.1 Å². The van der Waals surface area contributed by atoms with Crippen molar-refractivity contribution in [2.45, 2.75) is 57.7 Å². The lowest BCUT2D eigenvalue weighted by molar-refractivity contribution is 0.0935. The van der Waals surface area contributed by atoms with E-state index in [1.165, 1.54) is 18.4 Å². The number of nitrogens with zero attached hydrogens (tertiary/aromatic N) is 2. The van der Waals surface area contributed by atoms with Crippen LogP contribution in [-0.4, -0.2) is 42.8 Å². The van der Waals surface area contributed by atoms with Gasteiger partial charge in [-0.15, -0.1) is 0 Å². The number of halogens is 1. The number of rotatable bonds is 5. The molecule has 1 amide bonds. The summed E-state index contributed by atoms with van der Waals surface area (Å²) in [4.78, 5) is 19.0. The van der Waals surface area contributed by atoms with E-state index in [-0.39, 0.29) is 11.9 Å². The largest absolute Gasteiger partial charge is 0.350 e. The monoisotopic (exact) mass is 365 g/mol. The van der Waals surface area contributed by atoms with Gasteiger partial charge in [0.2, 0.25) is 0 Å². The van der Waals surface area contributed by atoms with E-state index in [1.54, 1.807) is 6.07 Å². The Morgan fingerprint density at radius 3 is 2.81 bits per heavy atom. The van der Waals surface area contributed by atoms with Crippen molar-refractivity contribution >= 4 is 24.8 Å². The smallest absolute Gasteiger partial charge is 0.269 e. The fourth-order valence-corrected chi connectivity index (χ4v) is 4.00. The molecule has 2 aromatic rings. The van der Waals surface area contributed by atoms with E-state index in [0.717, 1.165) is 36.8 Å². The minimum atomic E-state index is -0.571. The first-order valence-electron chi connectivity index (χ1n) is 9.86. The topological polar surface area (TPSA) is 45.2 Å². The van der Waals surface area contributed by atoms with Crippen molar-refractivity contribution in [3.05, 3.63) is 40.6 Å². The second-order valence-corrected chi connectivity index (χ2v) is 7.91. The molecule has 4 nitrogen and oxygen atoms in total. The van der Waals surface area contributed by atoms with Crippen molar-refractivity contribution in [2.24, 2.45) is 0 Å². The Morgan fingerprint density at radius 2 is 2.11 bits per heavy atom. The molecule has 2 radical (unpaired) electrons. The Morgan fingerprint density at radius 1 is 1.30 bits per heavy atom. The van der Waals surface area contributed by atoms with Crippen molar-refractivity contribution in [1.82, 2.24) is 15.1 Å². The van der Waals surface area contributed by atoms with Gasteiger partial charge in [0, 0.05) is 23.5 Å². The quantitative estimate of drug-likeness (QED) is 0.825. The summed E-state index contributed by atoms with van der Waals surface area (Å²) in [7, 11) is 6.01. The minimum Gasteiger partial charge on any atom is -0.350 e. The van der Waals surface area contributed by atoms with Gasteiger partial charge >= 0.3 is 0 Å². The normalized spacial score (nSPS) is 20.7. The summed E-state index contributed by atoms with van der Waals surface area (Å²) in [5.41, 5.74) is 3.67. The molecule has 6 heteroatoms. The second-order valence-electron chi connectivity index (χ2n) is 7.91. The molecule has 2 fully saturated rings. The van der Waals surface area contributed by atoms with Gasteiger partial charge in [0.05, 0.1) is 5.52 Å². The third-order valence-electron chi connectivity index (χ3n) is 5.82. The Balaban J connectivity index is 1.58. The lowest BCUT2D eigenvalue weighted by atomic mass is 9.98. The van der Waals surface area contributed by atoms with Gasteiger partial charge in [-0.2, -0.15) is 0 Å². The Bertz CT molecular complexity index is 868. The molecular formula is C21H25BFN3O. The van der Waals surface area contributed by atoms with E-state index in [4.69, 9.17) is 7.98 Å². The molecule has 1 aliphatic heterocycles. The van der Waals surface area contributed by atoms with Gasteiger partial charge in [0.1, 0.15) is 12.4 Å². The van der Waals surface area contributed by atoms with Gasteiger partial charge in [-0.3, -0.25) is 4.79 Å². The SMILES string of the molecule is [B]N1CCCCC1CNC(=O)c1cc(C)c2cc(C3CC3)cc(CF)c2n1. The van der Waals surface area contributed by atoms with E-state index in [0.29, 0.717) is 29.2 Å². The first kappa shape index (κ1) is 18.4. The number of amides is 1. The first-order valence-corrected chi connectivity index (χ1v) is 9.86. The Kier molecular flexibility index (Phi) is 5.18. The highest BCUT2D eigenvalue weighted by Crippen LogP contribution is 2.42. The summed E-state index contributed by atoms with van der Waals surface area (Å²) >= 11 is 0. The van der Waals surface area contributed by atoms with E-state index in [9.17, 15) is 9.18 Å². The molecule has 1 aliphatic carbocycles. The molecule has 1 saturated heterocycles. The number of aromatic nitrogens is 1. The van der Waals surface area contributed by atoms with Gasteiger partial charge in [-0.25, -0.2) is 9.37 Å². The van der Waals surface area contributed by atoms with Gasteiger partial charge in [-0.05, 0) is 68.3 Å². The molecule has 4 rings (SSSR count). The van der Waals surface area contributed by atoms with Crippen LogP contribution in [0.1, 0.15) is 65.2 Å². The molecule has 1 unspecified atom stereocenters. The molecule has 1 aromatic carbocycles. The summed E-state index contributed by atoms with van der Waals surface area (Å²) < 4.78 is 13.7. The zero-order chi connectivity index (χ0) is 19.0. The van der Waals surface area contributed by atoms with Crippen LogP contribution < -0.4 is 5.32 Å². The maximum absolute atomic E-state index is 13.7. The van der Waals surface area contributed by atoms with E-state index in [2.05, 4.69) is 16.4 Å². The maximum atomic E-state index is 13.7. The van der Waals surface area contributed by atoms with Gasteiger partial charge in [0.15, 0.2) is 7.98 Å². The van der Waals surface area contributed by atoms with E-state index < -0.39 is 6.67 Å². The molecule has 2 aliphatic rings. The molecule has 2 heterocycles. The number of carbonyl (C=O) groups is 1. The third kappa shape index (κ3) is 3.86. The van der Waals surface area contributed by atoms with Crippen LogP contribution in [0.15, 0.2) is 18.2 Å². The standard InChI is InChI=1S/C21H25BFN3O/c1-13-8-19(21(27)24-12-17-4-2-3-7-26(17)22)25-20-16(11-23)9-15(10-18(13)20)14-5-6-14/h8-10,14,17H,2-7,11-12H2,1H3,(H,24,27). The minimum absolute atomic E-state index is 0.159. The maximum Gasteiger partial charge on any atom is 0.269 e. The zero-order valence-electron chi connectivity index (χ0n) is 15.8. The number of pyridine rings is 1. The van der Waals surface area contributed by atoms with Crippen LogP contribution in [-0.2, 0) is 6.67 Å². The number of aryl methyl sites for hydroxylation is 1. The third-order valence-corrected chi connectivity index (χ3v) is 5.82. The van der Waals surface area contributed by atoms with Crippen LogP contribution in [0.3, 0.4) is 0 Å². The number of benzene rings is 1. The number of hydrogen-bond donors (Lipinski definition) is 1. The predicted molar refractivity (Wildman–Crippen MR) is 106 cm³/mol. The molecule has 1 N–H and O–H groups in total. The fourth-order valence-electron chi connectivity index (χ4n) is 4.00. The van der Waals surface area contributed by atoms with E-state index in [1.807, 2.05) is 17.8 Å². The summed E-state index contributed by atoms with van der Waals surface area (Å²) in [5, 5.41) is 3.90. The molecule has 1 atom stereocenters. The number of alkyl halides is 1. The van der Waals surface area contributed by atoms with Gasteiger partial charge in [0.25, 0.3) is 5.91 Å². The number of hydrogen-bond acceptors (Lipinski definition) is 3. The van der Waals surface area contributed by atoms with Gasteiger partial charge in [-0.1, -0.05) is 12.5 Å². The molecule has 0 bridgehead atoms. The van der Waals surface area contributed by atoms with Crippen LogP contribution in [0.4, 0.5) is 4.39 Å². The Hall–Kier alpha value is -1.95. The molecular weight excluding hydrogens is 340 g/mol. The van der Waals surface area contributed by atoms with Crippen molar-refractivity contribution in [3.8, 4) is 0 Å². The number of nitrogens with one attached hydrogen (secondary N) is 1. The van der Waals surface area contributed by atoms with E-state index >= 15 is 0 Å². The van der Waals surface area contributed by atoms with Crippen LogP contribution in [0.5, 0.6) is 0 Å². The highest BCUT2D eigenvalue weighted by molar-refractivity contribution is 6.04. The average Bonchev–Trinajstić information content (AvgIpc) is 3.51. The van der Waals surface area contributed by atoms with Gasteiger partial charge < -0.3 is 10.1 Å². The Labute approximate surface area is 161 Å². The summed E-state index contributed by atoms with van der Waals surface area (Å²) in [6.07, 6.45) is 5.55. The zero-order valence-corrected chi connectivity index (χ0v) is 15.8. The number of piperidine rings is 1. The predicted octanol–water partition coefficient (Wildman–Crippen LogP) is 3.56. The summed E-state index contributed by atoms with van der Waals surface area (Å²) in [5.74, 6) is 0.326. The highest BCUT2D eigenvalue weighted by Gasteiger charge is 2.25.